The van der Waals surface area contributed by atoms with Crippen LogP contribution >= 0.6 is 0 Å². The maximum Gasteiger partial charge on any atom is 0.415 e. The van der Waals surface area contributed by atoms with E-state index in [1.807, 2.05) is 0 Å². The van der Waals surface area contributed by atoms with Crippen LogP contribution in [0, 0.1) is 0 Å². The van der Waals surface area contributed by atoms with Gasteiger partial charge in [-0.3, -0.25) is 4.79 Å². The second kappa shape index (κ2) is 5.45. The number of hydrogen-bond donors (Lipinski definition) is 0. The van der Waals surface area contributed by atoms with Crippen molar-refractivity contribution in [3.05, 3.63) is 23.8 Å². The molecule has 1 aromatic rings. The molecule has 114 valence electrons. The summed E-state index contributed by atoms with van der Waals surface area (Å²) in [7, 11) is -2.73. The van der Waals surface area contributed by atoms with E-state index in [-0.39, 0.29) is 37.2 Å². The smallest absolute Gasteiger partial charge is 0.300 e. The number of carbonyl (C=O) groups excluding carboxylic acids is 1. The van der Waals surface area contributed by atoms with Crippen molar-refractivity contribution in [3.63, 3.8) is 0 Å². The van der Waals surface area contributed by atoms with Gasteiger partial charge in [-0.05, 0) is 12.1 Å². The Balaban J connectivity index is 2.39. The maximum absolute atomic E-state index is 12.9. The van der Waals surface area contributed by atoms with Crippen LogP contribution in [0.1, 0.15) is 18.4 Å². The van der Waals surface area contributed by atoms with Crippen LogP contribution in [0.5, 0.6) is 0 Å². The number of halogens is 3. The van der Waals surface area contributed by atoms with Gasteiger partial charge in [0.25, 0.3) is 0 Å². The minimum absolute atomic E-state index is 0.0103. The van der Waals surface area contributed by atoms with Gasteiger partial charge in [-0.2, -0.15) is 17.5 Å². The van der Waals surface area contributed by atoms with Crippen molar-refractivity contribution >= 4 is 29.1 Å². The fourth-order valence-electron chi connectivity index (χ4n) is 2.19. The van der Waals surface area contributed by atoms with E-state index in [1.165, 1.54) is 7.85 Å². The molecular weight excluding hydrogens is 306 g/mol. The lowest BCUT2D eigenvalue weighted by Gasteiger charge is -2.25. The number of alkyl halides is 3. The Morgan fingerprint density at radius 3 is 2.24 bits per heavy atom. The van der Waals surface area contributed by atoms with Gasteiger partial charge in [-0.1, -0.05) is 11.5 Å². The first-order valence-corrected chi connectivity index (χ1v) is 7.76. The maximum atomic E-state index is 12.9. The summed E-state index contributed by atoms with van der Waals surface area (Å²) in [5.41, 5.74) is -0.994. The zero-order chi connectivity index (χ0) is 15.8. The first-order chi connectivity index (χ1) is 9.62. The molecule has 1 aliphatic heterocycles. The van der Waals surface area contributed by atoms with Gasteiger partial charge >= 0.3 is 6.18 Å². The molecule has 1 fully saturated rings. The van der Waals surface area contributed by atoms with E-state index < -0.39 is 26.7 Å². The molecule has 0 aromatic heterocycles. The lowest BCUT2D eigenvalue weighted by molar-refractivity contribution is -0.136. The molecular formula is C12H13BF3NO3S. The quantitative estimate of drug-likeness (QED) is 0.738. The van der Waals surface area contributed by atoms with E-state index in [4.69, 9.17) is 0 Å². The highest BCUT2D eigenvalue weighted by atomic mass is 32.2. The summed E-state index contributed by atoms with van der Waals surface area (Å²) in [4.78, 5) is 10.7. The molecule has 0 radical (unpaired) electrons. The minimum Gasteiger partial charge on any atom is -0.300 e. The second-order valence-corrected chi connectivity index (χ2v) is 6.86. The summed E-state index contributed by atoms with van der Waals surface area (Å²) < 4.78 is 64.3. The number of rotatable bonds is 2. The highest BCUT2D eigenvalue weighted by Crippen LogP contribution is 2.30. The highest BCUT2D eigenvalue weighted by molar-refractivity contribution is 7.89. The normalized spacial score (nSPS) is 18.0. The molecule has 0 N–H and O–H groups in total. The summed E-state index contributed by atoms with van der Waals surface area (Å²) in [5, 5.41) is 0. The molecule has 1 saturated heterocycles. The lowest BCUT2D eigenvalue weighted by Crippen LogP contribution is -2.38. The van der Waals surface area contributed by atoms with Crippen molar-refractivity contribution < 1.29 is 26.4 Å². The number of benzene rings is 1. The molecule has 0 amide bonds. The number of ketones is 1. The zero-order valence-electron chi connectivity index (χ0n) is 11.3. The number of hydrogen-bond acceptors (Lipinski definition) is 3. The third kappa shape index (κ3) is 3.29. The van der Waals surface area contributed by atoms with Crippen LogP contribution in [0.25, 0.3) is 0 Å². The van der Waals surface area contributed by atoms with E-state index in [1.54, 1.807) is 0 Å². The molecule has 4 nitrogen and oxygen atoms in total. The Morgan fingerprint density at radius 2 is 1.71 bits per heavy atom. The third-order valence-corrected chi connectivity index (χ3v) is 5.33. The third-order valence-electron chi connectivity index (χ3n) is 3.43. The lowest BCUT2D eigenvalue weighted by atomic mass is 9.90. The first kappa shape index (κ1) is 16.0. The number of Topliss-reactive ketones (excluding diaryl/α,β-unsaturated/α-hetero) is 1. The van der Waals surface area contributed by atoms with E-state index in [0.29, 0.717) is 6.07 Å². The van der Waals surface area contributed by atoms with Crippen LogP contribution < -0.4 is 5.46 Å². The van der Waals surface area contributed by atoms with E-state index in [0.717, 1.165) is 16.4 Å². The van der Waals surface area contributed by atoms with Gasteiger partial charge in [0.15, 0.2) is 0 Å². The standard InChI is InChI=1S/C12H13BF3NO3S/c13-11-2-1-9(7-10(11)12(14,15)16)21(19,20)17-5-3-8(18)4-6-17/h1-2,7H,3-6,13H2. The topological polar surface area (TPSA) is 54.5 Å². The Labute approximate surface area is 121 Å². The van der Waals surface area contributed by atoms with Crippen LogP contribution in [-0.2, 0) is 21.0 Å². The SMILES string of the molecule is Bc1ccc(S(=O)(=O)N2CCC(=O)CC2)cc1C(F)(F)F. The average Bonchev–Trinajstić information content (AvgIpc) is 2.38. The average molecular weight is 319 g/mol. The van der Waals surface area contributed by atoms with Crippen LogP contribution in [-0.4, -0.2) is 39.4 Å². The highest BCUT2D eigenvalue weighted by Gasteiger charge is 2.35. The fourth-order valence-corrected chi connectivity index (χ4v) is 3.66. The molecule has 21 heavy (non-hydrogen) atoms. The Bertz CT molecular complexity index is 663. The van der Waals surface area contributed by atoms with E-state index in [9.17, 15) is 26.4 Å². The molecule has 1 aliphatic rings. The van der Waals surface area contributed by atoms with Gasteiger partial charge in [0.2, 0.25) is 10.0 Å². The predicted molar refractivity (Wildman–Crippen MR) is 72.6 cm³/mol. The molecule has 1 aromatic carbocycles. The van der Waals surface area contributed by atoms with Gasteiger partial charge in [0, 0.05) is 25.9 Å². The predicted octanol–water partition coefficient (Wildman–Crippen LogP) is 0.317. The van der Waals surface area contributed by atoms with Gasteiger partial charge in [0.05, 0.1) is 10.5 Å². The van der Waals surface area contributed by atoms with Crippen molar-refractivity contribution in [2.24, 2.45) is 0 Å². The largest absolute Gasteiger partial charge is 0.415 e. The van der Waals surface area contributed by atoms with Crippen LogP contribution in [0.2, 0.25) is 0 Å². The molecule has 0 unspecified atom stereocenters. The zero-order valence-corrected chi connectivity index (χ0v) is 12.1. The molecule has 9 heteroatoms. The summed E-state index contributed by atoms with van der Waals surface area (Å²) >= 11 is 0. The number of carbonyl (C=O) groups is 1. The van der Waals surface area contributed by atoms with Crippen LogP contribution in [0.4, 0.5) is 13.2 Å². The molecule has 2 rings (SSSR count). The Morgan fingerprint density at radius 1 is 1.14 bits per heavy atom. The molecule has 0 saturated carbocycles. The summed E-state index contributed by atoms with van der Waals surface area (Å²) in [5.74, 6) is -0.0404. The molecule has 1 heterocycles. The minimum atomic E-state index is -4.60. The van der Waals surface area contributed by atoms with Crippen LogP contribution in [0.3, 0.4) is 0 Å². The summed E-state index contributed by atoms with van der Waals surface area (Å²) in [6, 6.07) is 2.96. The van der Waals surface area contributed by atoms with Crippen molar-refractivity contribution in [1.29, 1.82) is 0 Å². The molecule has 0 atom stereocenters. The summed E-state index contributed by atoms with van der Waals surface area (Å²) in [6.45, 7) is 0.0206. The Kier molecular flexibility index (Phi) is 4.16. The van der Waals surface area contributed by atoms with Crippen molar-refractivity contribution in [2.75, 3.05) is 13.1 Å². The van der Waals surface area contributed by atoms with Gasteiger partial charge in [-0.15, -0.1) is 0 Å². The van der Waals surface area contributed by atoms with E-state index >= 15 is 0 Å². The van der Waals surface area contributed by atoms with Crippen molar-refractivity contribution in [2.45, 2.75) is 23.9 Å². The fraction of sp³-hybridized carbons (Fsp3) is 0.417. The molecule has 0 spiro atoms. The monoisotopic (exact) mass is 319 g/mol. The van der Waals surface area contributed by atoms with Gasteiger partial charge in [0.1, 0.15) is 13.6 Å². The number of piperidine rings is 1. The van der Waals surface area contributed by atoms with Gasteiger partial charge < -0.3 is 0 Å². The van der Waals surface area contributed by atoms with Gasteiger partial charge in [-0.25, -0.2) is 8.42 Å². The van der Waals surface area contributed by atoms with Crippen molar-refractivity contribution in [1.82, 2.24) is 4.31 Å². The number of sulfonamides is 1. The molecule has 0 aliphatic carbocycles. The Hall–Kier alpha value is -1.35. The van der Waals surface area contributed by atoms with E-state index in [2.05, 4.69) is 0 Å². The number of nitrogens with zero attached hydrogens (tertiary/aromatic N) is 1. The molecule has 0 bridgehead atoms. The first-order valence-electron chi connectivity index (χ1n) is 6.32. The summed E-state index contributed by atoms with van der Waals surface area (Å²) in [6.07, 6.45) is -4.41. The van der Waals surface area contributed by atoms with Crippen molar-refractivity contribution in [3.8, 4) is 0 Å². The van der Waals surface area contributed by atoms with Crippen LogP contribution in [0.15, 0.2) is 23.1 Å². The second-order valence-electron chi connectivity index (χ2n) is 4.92.